The molecule has 90 valence electrons. The van der Waals surface area contributed by atoms with Crippen LogP contribution < -0.4 is 69.3 Å². The Kier molecular flexibility index (Phi) is 6.61. The molecule has 1 heterocycles. The minimum absolute atomic E-state index is 0. The van der Waals surface area contributed by atoms with Crippen LogP contribution in [0.25, 0.3) is 5.76 Å². The summed E-state index contributed by atoms with van der Waals surface area (Å²) >= 11 is 0. The van der Waals surface area contributed by atoms with Gasteiger partial charge in [-0.1, -0.05) is 24.0 Å². The van der Waals surface area contributed by atoms with Crippen molar-refractivity contribution in [2.45, 2.75) is 4.90 Å². The number of aliphatic carboxylic acids is 1. The first kappa shape index (κ1) is 19.0. The molecule has 0 unspecified atom stereocenters. The number of likely N-dealkylation sites (N-methyl/N-ethyl adjacent to an activating group) is 1. The van der Waals surface area contributed by atoms with E-state index in [9.17, 15) is 23.4 Å². The Hall–Kier alpha value is -0.0200. The molecule has 0 amide bonds. The number of fused-ring (bicyclic) bond motifs is 1. The minimum atomic E-state index is -3.99. The molecule has 0 spiro atoms. The first-order valence-corrected chi connectivity index (χ1v) is 6.02. The molecule has 1 aliphatic rings. The number of nitrogens with zero attached hydrogens (tertiary/aromatic N) is 1. The van der Waals surface area contributed by atoms with Gasteiger partial charge in [0.15, 0.2) is 0 Å². The van der Waals surface area contributed by atoms with E-state index in [1.54, 1.807) is 0 Å². The Morgan fingerprint density at radius 1 is 1.21 bits per heavy atom. The van der Waals surface area contributed by atoms with E-state index in [1.807, 2.05) is 0 Å². The van der Waals surface area contributed by atoms with E-state index in [0.29, 0.717) is 4.31 Å². The molecule has 2 rings (SSSR count). The SMILES string of the molecule is CN1C(C(=O)[O-])=C([O-])c2ccccc2S1(=O)=O.[Na+].[Na+]. The number of carbonyl (C=O) groups is 1. The third kappa shape index (κ3) is 3.02. The van der Waals surface area contributed by atoms with Gasteiger partial charge in [-0.05, 0) is 11.6 Å². The summed E-state index contributed by atoms with van der Waals surface area (Å²) in [6.07, 6.45) is 0. The maximum Gasteiger partial charge on any atom is 1.00 e. The summed E-state index contributed by atoms with van der Waals surface area (Å²) in [5, 5.41) is 22.6. The standard InChI is InChI=1S/C10H9NO5S.2Na/c1-11-8(10(13)14)9(12)6-4-2-3-5-7(6)17(11,15)16;;/h2-5,12H,1H3,(H,13,14);;/q;2*+1/p-2. The molecule has 0 N–H and O–H groups in total. The van der Waals surface area contributed by atoms with Gasteiger partial charge in [-0.2, -0.15) is 0 Å². The fraction of sp³-hybridized carbons (Fsp3) is 0.100. The number of hydrogen-bond acceptors (Lipinski definition) is 5. The number of rotatable bonds is 1. The Labute approximate surface area is 154 Å². The van der Waals surface area contributed by atoms with Crippen LogP contribution in [0.2, 0.25) is 0 Å². The second kappa shape index (κ2) is 6.62. The summed E-state index contributed by atoms with van der Waals surface area (Å²) in [7, 11) is -2.98. The zero-order chi connectivity index (χ0) is 12.8. The predicted molar refractivity (Wildman–Crippen MR) is 53.3 cm³/mol. The third-order valence-electron chi connectivity index (χ3n) is 2.49. The van der Waals surface area contributed by atoms with E-state index in [2.05, 4.69) is 0 Å². The molecule has 9 heteroatoms. The molecule has 0 aromatic heterocycles. The van der Waals surface area contributed by atoms with Gasteiger partial charge in [0.25, 0.3) is 10.0 Å². The van der Waals surface area contributed by atoms with Crippen molar-refractivity contribution < 1.29 is 82.5 Å². The normalized spacial score (nSPS) is 15.9. The molecule has 1 aliphatic heterocycles. The van der Waals surface area contributed by atoms with Crippen molar-refractivity contribution in [3.63, 3.8) is 0 Å². The number of carboxylic acids is 1. The molecule has 19 heavy (non-hydrogen) atoms. The summed E-state index contributed by atoms with van der Waals surface area (Å²) in [6.45, 7) is 0. The van der Waals surface area contributed by atoms with E-state index < -0.39 is 27.4 Å². The molecule has 0 saturated heterocycles. The van der Waals surface area contributed by atoms with E-state index in [-0.39, 0.29) is 69.6 Å². The van der Waals surface area contributed by atoms with E-state index >= 15 is 0 Å². The van der Waals surface area contributed by atoms with Crippen molar-refractivity contribution in [1.82, 2.24) is 4.31 Å². The maximum absolute atomic E-state index is 11.9. The zero-order valence-electron chi connectivity index (χ0n) is 10.7. The summed E-state index contributed by atoms with van der Waals surface area (Å²) in [4.78, 5) is 10.6. The van der Waals surface area contributed by atoms with Crippen LogP contribution in [0.5, 0.6) is 0 Å². The van der Waals surface area contributed by atoms with Gasteiger partial charge in [-0.3, -0.25) is 4.31 Å². The zero-order valence-corrected chi connectivity index (χ0v) is 15.5. The molecular weight excluding hydrogens is 292 g/mol. The number of carboxylic acid groups (broad SMARTS) is 1. The first-order chi connectivity index (χ1) is 7.87. The van der Waals surface area contributed by atoms with Gasteiger partial charge >= 0.3 is 59.1 Å². The third-order valence-corrected chi connectivity index (χ3v) is 4.31. The minimum Gasteiger partial charge on any atom is -0.871 e. The molecule has 1 aromatic carbocycles. The number of benzene rings is 1. The molecule has 1 aromatic rings. The van der Waals surface area contributed by atoms with Crippen molar-refractivity contribution in [2.24, 2.45) is 0 Å². The Morgan fingerprint density at radius 3 is 2.26 bits per heavy atom. The first-order valence-electron chi connectivity index (χ1n) is 4.58. The summed E-state index contributed by atoms with van der Waals surface area (Å²) in [5.41, 5.74) is -1.02. The van der Waals surface area contributed by atoms with Gasteiger partial charge in [0.1, 0.15) is 0 Å². The van der Waals surface area contributed by atoms with E-state index in [0.717, 1.165) is 7.05 Å². The van der Waals surface area contributed by atoms with Gasteiger partial charge in [0.05, 0.1) is 16.6 Å². The van der Waals surface area contributed by atoms with Crippen LogP contribution in [0.1, 0.15) is 5.56 Å². The van der Waals surface area contributed by atoms with Crippen LogP contribution in [0.15, 0.2) is 34.9 Å². The van der Waals surface area contributed by atoms with Gasteiger partial charge in [0, 0.05) is 7.05 Å². The second-order valence-corrected chi connectivity index (χ2v) is 5.37. The van der Waals surface area contributed by atoms with Crippen LogP contribution in [0.4, 0.5) is 0 Å². The van der Waals surface area contributed by atoms with Crippen molar-refractivity contribution in [1.29, 1.82) is 0 Å². The fourth-order valence-electron chi connectivity index (χ4n) is 1.64. The summed E-state index contributed by atoms with van der Waals surface area (Å²) < 4.78 is 24.3. The quantitative estimate of drug-likeness (QED) is 0.479. The largest absolute Gasteiger partial charge is 1.00 e. The van der Waals surface area contributed by atoms with Gasteiger partial charge < -0.3 is 15.0 Å². The van der Waals surface area contributed by atoms with E-state index in [1.165, 1.54) is 24.3 Å². The molecular formula is C10H7NNa2O5S. The maximum atomic E-state index is 11.9. The Balaban J connectivity index is 0.00000162. The predicted octanol–water partition coefficient (Wildman–Crippen LogP) is -7.89. The Morgan fingerprint density at radius 2 is 1.74 bits per heavy atom. The van der Waals surface area contributed by atoms with Crippen molar-refractivity contribution in [3.8, 4) is 0 Å². The van der Waals surface area contributed by atoms with Crippen LogP contribution >= 0.6 is 0 Å². The number of carbonyl (C=O) groups excluding carboxylic acids is 1. The van der Waals surface area contributed by atoms with Crippen LogP contribution in [-0.2, 0) is 14.8 Å². The van der Waals surface area contributed by atoms with Crippen LogP contribution in [0, 0.1) is 0 Å². The molecule has 0 atom stereocenters. The molecule has 0 radical (unpaired) electrons. The number of hydrogen-bond donors (Lipinski definition) is 0. The van der Waals surface area contributed by atoms with Crippen molar-refractivity contribution in [2.75, 3.05) is 7.05 Å². The molecule has 6 nitrogen and oxygen atoms in total. The van der Waals surface area contributed by atoms with Crippen molar-refractivity contribution in [3.05, 3.63) is 35.5 Å². The Bertz CT molecular complexity index is 641. The summed E-state index contributed by atoms with van der Waals surface area (Å²) in [6, 6.07) is 5.45. The molecule has 0 aliphatic carbocycles. The van der Waals surface area contributed by atoms with Crippen molar-refractivity contribution >= 4 is 21.8 Å². The topological polar surface area (TPSA) is 101 Å². The average Bonchev–Trinajstić information content (AvgIpc) is 2.27. The smallest absolute Gasteiger partial charge is 0.871 e. The molecule has 0 saturated carbocycles. The van der Waals surface area contributed by atoms with Crippen LogP contribution in [-0.4, -0.2) is 25.7 Å². The molecule has 0 fully saturated rings. The fourth-order valence-corrected chi connectivity index (χ4v) is 3.02. The van der Waals surface area contributed by atoms with Gasteiger partial charge in [-0.15, -0.1) is 0 Å². The number of sulfonamides is 1. The molecule has 0 bridgehead atoms. The average molecular weight is 299 g/mol. The van der Waals surface area contributed by atoms with Crippen LogP contribution in [0.3, 0.4) is 0 Å². The van der Waals surface area contributed by atoms with E-state index in [4.69, 9.17) is 0 Å². The second-order valence-electron chi connectivity index (χ2n) is 3.43. The van der Waals surface area contributed by atoms with Gasteiger partial charge in [0.2, 0.25) is 0 Å². The van der Waals surface area contributed by atoms with Gasteiger partial charge in [-0.25, -0.2) is 8.42 Å². The summed E-state index contributed by atoms with van der Waals surface area (Å²) in [5.74, 6) is -2.67. The monoisotopic (exact) mass is 299 g/mol.